The summed E-state index contributed by atoms with van der Waals surface area (Å²) >= 11 is 3.28. The van der Waals surface area contributed by atoms with Crippen molar-refractivity contribution in [2.45, 2.75) is 19.5 Å². The first-order valence-corrected chi connectivity index (χ1v) is 6.66. The molecule has 2 rings (SSSR count). The van der Waals surface area contributed by atoms with Crippen LogP contribution in [0, 0.1) is 5.82 Å². The van der Waals surface area contributed by atoms with Crippen LogP contribution in [0.25, 0.3) is 0 Å². The van der Waals surface area contributed by atoms with Crippen molar-refractivity contribution in [3.63, 3.8) is 0 Å². The van der Waals surface area contributed by atoms with Crippen molar-refractivity contribution in [2.75, 3.05) is 6.54 Å². The number of rotatable bonds is 6. The summed E-state index contributed by atoms with van der Waals surface area (Å²) in [5, 5.41) is 7.42. The van der Waals surface area contributed by atoms with Crippen molar-refractivity contribution in [1.82, 2.24) is 15.1 Å². The zero-order valence-electron chi connectivity index (χ0n) is 9.94. The van der Waals surface area contributed by atoms with Crippen molar-refractivity contribution in [3.8, 4) is 0 Å². The fourth-order valence-corrected chi connectivity index (χ4v) is 2.26. The fraction of sp³-hybridized carbons (Fsp3) is 0.308. The average Bonchev–Trinajstić information content (AvgIpc) is 2.80. The molecule has 0 spiro atoms. The molecule has 0 radical (unpaired) electrons. The molecule has 1 heterocycles. The van der Waals surface area contributed by atoms with Crippen LogP contribution in [0.3, 0.4) is 0 Å². The lowest BCUT2D eigenvalue weighted by Gasteiger charge is -2.06. The van der Waals surface area contributed by atoms with Crippen molar-refractivity contribution in [2.24, 2.45) is 0 Å². The molecule has 1 aromatic carbocycles. The molecular formula is C13H15BrFN3. The molecule has 0 bridgehead atoms. The number of nitrogens with one attached hydrogen (secondary N) is 1. The summed E-state index contributed by atoms with van der Waals surface area (Å²) in [4.78, 5) is 0. The van der Waals surface area contributed by atoms with Crippen LogP contribution in [0.15, 0.2) is 41.1 Å². The number of aromatic nitrogens is 2. The molecule has 1 aromatic heterocycles. The molecular weight excluding hydrogens is 297 g/mol. The maximum Gasteiger partial charge on any atom is 0.124 e. The Balaban J connectivity index is 1.68. The summed E-state index contributed by atoms with van der Waals surface area (Å²) < 4.78 is 15.8. The highest BCUT2D eigenvalue weighted by molar-refractivity contribution is 9.10. The smallest absolute Gasteiger partial charge is 0.124 e. The first-order valence-electron chi connectivity index (χ1n) is 5.87. The molecule has 18 heavy (non-hydrogen) atoms. The third-order valence-corrected chi connectivity index (χ3v) is 3.01. The van der Waals surface area contributed by atoms with Crippen LogP contribution >= 0.6 is 15.9 Å². The van der Waals surface area contributed by atoms with Gasteiger partial charge in [-0.25, -0.2) is 4.39 Å². The quantitative estimate of drug-likeness (QED) is 0.831. The lowest BCUT2D eigenvalue weighted by molar-refractivity contribution is 0.542. The minimum atomic E-state index is -0.210. The molecule has 0 saturated carbocycles. The first-order chi connectivity index (χ1) is 8.74. The SMILES string of the molecule is Fc1cc(Br)cc(CNCCCn2cccn2)c1. The van der Waals surface area contributed by atoms with E-state index in [4.69, 9.17) is 0 Å². The third-order valence-electron chi connectivity index (χ3n) is 2.55. The third kappa shape index (κ3) is 4.23. The maximum atomic E-state index is 13.1. The van der Waals surface area contributed by atoms with Gasteiger partial charge < -0.3 is 5.32 Å². The Bertz CT molecular complexity index is 465. The van der Waals surface area contributed by atoms with Gasteiger partial charge in [0.2, 0.25) is 0 Å². The number of aryl methyl sites for hydroxylation is 1. The van der Waals surface area contributed by atoms with E-state index < -0.39 is 0 Å². The largest absolute Gasteiger partial charge is 0.313 e. The van der Waals surface area contributed by atoms with E-state index in [0.29, 0.717) is 6.54 Å². The van der Waals surface area contributed by atoms with Crippen molar-refractivity contribution in [3.05, 3.63) is 52.5 Å². The van der Waals surface area contributed by atoms with E-state index in [2.05, 4.69) is 26.3 Å². The standard InChI is InChI=1S/C13H15BrFN3/c14-12-7-11(8-13(15)9-12)10-16-3-1-5-18-6-2-4-17-18/h2,4,6-9,16H,1,3,5,10H2. The number of benzene rings is 1. The lowest BCUT2D eigenvalue weighted by Crippen LogP contribution is -2.16. The van der Waals surface area contributed by atoms with E-state index in [1.54, 1.807) is 12.3 Å². The molecule has 0 saturated heterocycles. The van der Waals surface area contributed by atoms with Crippen molar-refractivity contribution >= 4 is 15.9 Å². The van der Waals surface area contributed by atoms with Gasteiger partial charge in [-0.1, -0.05) is 15.9 Å². The Labute approximate surface area is 114 Å². The summed E-state index contributed by atoms with van der Waals surface area (Å²) in [7, 11) is 0. The maximum absolute atomic E-state index is 13.1. The van der Waals surface area contributed by atoms with E-state index in [1.807, 2.05) is 23.0 Å². The van der Waals surface area contributed by atoms with Gasteiger partial charge in [0, 0.05) is 30.0 Å². The number of halogens is 2. The van der Waals surface area contributed by atoms with Gasteiger partial charge >= 0.3 is 0 Å². The van der Waals surface area contributed by atoms with Crippen LogP contribution in [0.1, 0.15) is 12.0 Å². The van der Waals surface area contributed by atoms with Crippen LogP contribution in [0.4, 0.5) is 4.39 Å². The molecule has 0 aliphatic carbocycles. The summed E-state index contributed by atoms with van der Waals surface area (Å²) in [6.07, 6.45) is 4.72. The topological polar surface area (TPSA) is 29.9 Å². The first kappa shape index (κ1) is 13.2. The Morgan fingerprint density at radius 2 is 2.22 bits per heavy atom. The summed E-state index contributed by atoms with van der Waals surface area (Å²) in [5.41, 5.74) is 0.945. The zero-order chi connectivity index (χ0) is 12.8. The molecule has 1 N–H and O–H groups in total. The van der Waals surface area contributed by atoms with Crippen LogP contribution < -0.4 is 5.32 Å². The molecule has 5 heteroatoms. The fourth-order valence-electron chi connectivity index (χ4n) is 1.74. The number of hydrogen-bond acceptors (Lipinski definition) is 2. The molecule has 0 amide bonds. The van der Waals surface area contributed by atoms with Crippen LogP contribution in [-0.2, 0) is 13.1 Å². The Hall–Kier alpha value is -1.20. The molecule has 0 aliphatic rings. The Morgan fingerprint density at radius 3 is 2.94 bits per heavy atom. The monoisotopic (exact) mass is 311 g/mol. The van der Waals surface area contributed by atoms with E-state index in [1.165, 1.54) is 6.07 Å². The highest BCUT2D eigenvalue weighted by Gasteiger charge is 1.98. The van der Waals surface area contributed by atoms with Crippen molar-refractivity contribution in [1.29, 1.82) is 0 Å². The molecule has 0 aliphatic heterocycles. The Kier molecular flexibility index (Phi) is 4.90. The molecule has 96 valence electrons. The second kappa shape index (κ2) is 6.66. The van der Waals surface area contributed by atoms with Gasteiger partial charge in [-0.05, 0) is 42.8 Å². The summed E-state index contributed by atoms with van der Waals surface area (Å²) in [6, 6.07) is 6.84. The van der Waals surface area contributed by atoms with Crippen LogP contribution in [-0.4, -0.2) is 16.3 Å². The summed E-state index contributed by atoms with van der Waals surface area (Å²) in [6.45, 7) is 2.45. The lowest BCUT2D eigenvalue weighted by atomic mass is 10.2. The normalized spacial score (nSPS) is 10.8. The second-order valence-electron chi connectivity index (χ2n) is 4.08. The van der Waals surface area contributed by atoms with Crippen molar-refractivity contribution < 1.29 is 4.39 Å². The summed E-state index contributed by atoms with van der Waals surface area (Å²) in [5.74, 6) is -0.210. The van der Waals surface area contributed by atoms with E-state index in [9.17, 15) is 4.39 Å². The highest BCUT2D eigenvalue weighted by Crippen LogP contribution is 2.14. The van der Waals surface area contributed by atoms with Gasteiger partial charge in [0.1, 0.15) is 5.82 Å². The van der Waals surface area contributed by atoms with E-state index in [0.717, 1.165) is 29.5 Å². The average molecular weight is 312 g/mol. The minimum Gasteiger partial charge on any atom is -0.313 e. The van der Waals surface area contributed by atoms with Gasteiger partial charge in [-0.2, -0.15) is 5.10 Å². The minimum absolute atomic E-state index is 0.210. The highest BCUT2D eigenvalue weighted by atomic mass is 79.9. The molecule has 0 fully saturated rings. The second-order valence-corrected chi connectivity index (χ2v) is 4.99. The molecule has 2 aromatic rings. The van der Waals surface area contributed by atoms with Gasteiger partial charge in [-0.15, -0.1) is 0 Å². The number of hydrogen-bond donors (Lipinski definition) is 1. The number of nitrogens with zero attached hydrogens (tertiary/aromatic N) is 2. The molecule has 3 nitrogen and oxygen atoms in total. The predicted octanol–water partition coefficient (Wildman–Crippen LogP) is 2.96. The molecule has 0 unspecified atom stereocenters. The van der Waals surface area contributed by atoms with Gasteiger partial charge in [-0.3, -0.25) is 4.68 Å². The Morgan fingerprint density at radius 1 is 1.33 bits per heavy atom. The molecule has 0 atom stereocenters. The van der Waals surface area contributed by atoms with Crippen LogP contribution in [0.2, 0.25) is 0 Å². The van der Waals surface area contributed by atoms with E-state index >= 15 is 0 Å². The zero-order valence-corrected chi connectivity index (χ0v) is 11.5. The van der Waals surface area contributed by atoms with E-state index in [-0.39, 0.29) is 5.82 Å². The van der Waals surface area contributed by atoms with Gasteiger partial charge in [0.15, 0.2) is 0 Å². The van der Waals surface area contributed by atoms with Gasteiger partial charge in [0.25, 0.3) is 0 Å². The van der Waals surface area contributed by atoms with Gasteiger partial charge in [0.05, 0.1) is 0 Å². The predicted molar refractivity (Wildman–Crippen MR) is 72.7 cm³/mol. The van der Waals surface area contributed by atoms with Crippen LogP contribution in [0.5, 0.6) is 0 Å².